The zero-order valence-electron chi connectivity index (χ0n) is 5.75. The van der Waals surface area contributed by atoms with Crippen molar-refractivity contribution in [3.63, 3.8) is 0 Å². The second-order valence-electron chi connectivity index (χ2n) is 3.39. The van der Waals surface area contributed by atoms with Crippen molar-refractivity contribution in [2.75, 3.05) is 13.6 Å². The zero-order valence-corrected chi connectivity index (χ0v) is 5.75. The predicted molar refractivity (Wildman–Crippen MR) is 35.1 cm³/mol. The van der Waals surface area contributed by atoms with Crippen LogP contribution in [0.15, 0.2) is 0 Å². The lowest BCUT2D eigenvalue weighted by molar-refractivity contribution is 0.0848. The van der Waals surface area contributed by atoms with Gasteiger partial charge in [0.25, 0.3) is 0 Å². The summed E-state index contributed by atoms with van der Waals surface area (Å²) in [5.74, 6) is 0.597. The molecule has 1 N–H and O–H groups in total. The van der Waals surface area contributed by atoms with Gasteiger partial charge in [-0.05, 0) is 25.8 Å². The lowest BCUT2D eigenvalue weighted by Crippen LogP contribution is -2.34. The van der Waals surface area contributed by atoms with Crippen molar-refractivity contribution in [2.45, 2.75) is 25.0 Å². The highest BCUT2D eigenvalue weighted by Crippen LogP contribution is 2.36. The van der Waals surface area contributed by atoms with Crippen molar-refractivity contribution in [1.29, 1.82) is 0 Å². The van der Waals surface area contributed by atoms with E-state index in [2.05, 4.69) is 11.9 Å². The van der Waals surface area contributed by atoms with Crippen LogP contribution in [0.5, 0.6) is 0 Å². The summed E-state index contributed by atoms with van der Waals surface area (Å²) in [6, 6.07) is 0.699. The Bertz CT molecular complexity index is 108. The Hall–Kier alpha value is -0.0800. The quantitative estimate of drug-likeness (QED) is 0.498. The third-order valence-electron chi connectivity index (χ3n) is 2.78. The number of hydrogen-bond acceptors (Lipinski definition) is 2. The van der Waals surface area contributed by atoms with E-state index in [1.807, 2.05) is 0 Å². The van der Waals surface area contributed by atoms with Crippen LogP contribution in [0.4, 0.5) is 0 Å². The fourth-order valence-electron chi connectivity index (χ4n) is 2.15. The number of aliphatic hydroxyl groups is 1. The van der Waals surface area contributed by atoms with Gasteiger partial charge in [-0.2, -0.15) is 0 Å². The Kier molecular flexibility index (Phi) is 1.08. The van der Waals surface area contributed by atoms with Crippen molar-refractivity contribution in [3.05, 3.63) is 0 Å². The summed E-state index contributed by atoms with van der Waals surface area (Å²) in [7, 11) is 2.15. The third kappa shape index (κ3) is 0.700. The van der Waals surface area contributed by atoms with E-state index in [0.717, 1.165) is 13.0 Å². The van der Waals surface area contributed by atoms with Gasteiger partial charge in [0.15, 0.2) is 0 Å². The van der Waals surface area contributed by atoms with Crippen LogP contribution in [-0.2, 0) is 0 Å². The second kappa shape index (κ2) is 1.70. The molecular formula is C7H13NO. The van der Waals surface area contributed by atoms with Gasteiger partial charge in [0, 0.05) is 12.6 Å². The van der Waals surface area contributed by atoms with E-state index >= 15 is 0 Å². The summed E-state index contributed by atoms with van der Waals surface area (Å²) < 4.78 is 0. The molecule has 0 aromatic carbocycles. The van der Waals surface area contributed by atoms with E-state index in [9.17, 15) is 5.11 Å². The fraction of sp³-hybridized carbons (Fsp3) is 1.00. The molecule has 0 aromatic rings. The van der Waals surface area contributed by atoms with Crippen LogP contribution < -0.4 is 0 Å². The summed E-state index contributed by atoms with van der Waals surface area (Å²) in [6.45, 7) is 1.12. The number of fused-ring (bicyclic) bond motifs is 2. The maximum absolute atomic E-state index is 9.31. The van der Waals surface area contributed by atoms with Gasteiger partial charge >= 0.3 is 0 Å². The highest BCUT2D eigenvalue weighted by Gasteiger charge is 2.41. The van der Waals surface area contributed by atoms with Gasteiger partial charge in [-0.1, -0.05) is 0 Å². The highest BCUT2D eigenvalue weighted by atomic mass is 16.3. The topological polar surface area (TPSA) is 23.5 Å². The molecule has 1 aliphatic heterocycles. The average Bonchev–Trinajstić information content (AvgIpc) is 2.24. The minimum Gasteiger partial charge on any atom is -0.393 e. The van der Waals surface area contributed by atoms with E-state index in [1.54, 1.807) is 0 Å². The first-order chi connectivity index (χ1) is 4.27. The molecule has 52 valence electrons. The van der Waals surface area contributed by atoms with Gasteiger partial charge in [0.05, 0.1) is 6.10 Å². The van der Waals surface area contributed by atoms with Crippen molar-refractivity contribution < 1.29 is 5.11 Å². The molecule has 1 saturated heterocycles. The van der Waals surface area contributed by atoms with Crippen LogP contribution in [0.2, 0.25) is 0 Å². The van der Waals surface area contributed by atoms with Gasteiger partial charge in [-0.25, -0.2) is 0 Å². The van der Waals surface area contributed by atoms with Crippen LogP contribution in [-0.4, -0.2) is 35.7 Å². The molecule has 1 aliphatic carbocycles. The molecular weight excluding hydrogens is 114 g/mol. The molecule has 2 rings (SSSR count). The minimum absolute atomic E-state index is 0.0196. The lowest BCUT2D eigenvalue weighted by atomic mass is 10.1. The molecule has 2 fully saturated rings. The van der Waals surface area contributed by atoms with Crippen molar-refractivity contribution in [1.82, 2.24) is 4.90 Å². The summed E-state index contributed by atoms with van der Waals surface area (Å²) in [5.41, 5.74) is 0. The van der Waals surface area contributed by atoms with Gasteiger partial charge < -0.3 is 10.0 Å². The van der Waals surface area contributed by atoms with Crippen LogP contribution in [0.1, 0.15) is 12.8 Å². The first-order valence-electron chi connectivity index (χ1n) is 3.65. The Balaban J connectivity index is 2.10. The average molecular weight is 127 g/mol. The van der Waals surface area contributed by atoms with E-state index in [-0.39, 0.29) is 6.10 Å². The standard InChI is InChI=1S/C7H13NO/c1-8-4-5-2-6(8)3-7(5)9/h5-7,9H,2-4H2,1H3. The first kappa shape index (κ1) is 5.69. The van der Waals surface area contributed by atoms with E-state index < -0.39 is 0 Å². The summed E-state index contributed by atoms with van der Waals surface area (Å²) in [6.07, 6.45) is 2.27. The van der Waals surface area contributed by atoms with Gasteiger partial charge in [-0.15, -0.1) is 0 Å². The van der Waals surface area contributed by atoms with Crippen LogP contribution >= 0.6 is 0 Å². The van der Waals surface area contributed by atoms with Crippen LogP contribution in [0, 0.1) is 5.92 Å². The molecule has 3 atom stereocenters. The predicted octanol–water partition coefficient (Wildman–Crippen LogP) is 0.0713. The van der Waals surface area contributed by atoms with Crippen molar-refractivity contribution >= 4 is 0 Å². The van der Waals surface area contributed by atoms with E-state index in [0.29, 0.717) is 12.0 Å². The SMILES string of the molecule is CN1CC2CC1CC2O. The Morgan fingerprint density at radius 2 is 2.22 bits per heavy atom. The third-order valence-corrected chi connectivity index (χ3v) is 2.78. The number of rotatable bonds is 0. The molecule has 9 heavy (non-hydrogen) atoms. The number of hydrogen-bond donors (Lipinski definition) is 1. The maximum atomic E-state index is 9.31. The first-order valence-corrected chi connectivity index (χ1v) is 3.65. The van der Waals surface area contributed by atoms with Crippen LogP contribution in [0.25, 0.3) is 0 Å². The summed E-state index contributed by atoms with van der Waals surface area (Å²) in [4.78, 5) is 2.36. The molecule has 0 aromatic heterocycles. The molecule has 2 bridgehead atoms. The monoisotopic (exact) mass is 127 g/mol. The maximum Gasteiger partial charge on any atom is 0.0596 e. The highest BCUT2D eigenvalue weighted by molar-refractivity contribution is 4.95. The Labute approximate surface area is 55.5 Å². The second-order valence-corrected chi connectivity index (χ2v) is 3.39. The molecule has 2 aliphatic rings. The fourth-order valence-corrected chi connectivity index (χ4v) is 2.15. The summed E-state index contributed by atoms with van der Waals surface area (Å²) in [5, 5.41) is 9.31. The molecule has 1 heterocycles. The normalized spacial score (nSPS) is 50.7. The number of nitrogens with zero attached hydrogens (tertiary/aromatic N) is 1. The van der Waals surface area contributed by atoms with Crippen LogP contribution in [0.3, 0.4) is 0 Å². The summed E-state index contributed by atoms with van der Waals surface area (Å²) >= 11 is 0. The van der Waals surface area contributed by atoms with E-state index in [4.69, 9.17) is 0 Å². The molecule has 0 radical (unpaired) electrons. The molecule has 3 unspecified atom stereocenters. The molecule has 2 nitrogen and oxygen atoms in total. The Morgan fingerprint density at radius 1 is 1.44 bits per heavy atom. The molecule has 0 amide bonds. The smallest absolute Gasteiger partial charge is 0.0596 e. The molecule has 1 saturated carbocycles. The number of aliphatic hydroxyl groups excluding tert-OH is 1. The van der Waals surface area contributed by atoms with Crippen molar-refractivity contribution in [3.8, 4) is 0 Å². The lowest BCUT2D eigenvalue weighted by Gasteiger charge is -2.24. The van der Waals surface area contributed by atoms with E-state index in [1.165, 1.54) is 6.42 Å². The number of piperidine rings is 1. The minimum atomic E-state index is 0.0196. The largest absolute Gasteiger partial charge is 0.393 e. The Morgan fingerprint density at radius 3 is 2.56 bits per heavy atom. The van der Waals surface area contributed by atoms with Gasteiger partial charge in [0.2, 0.25) is 0 Å². The zero-order chi connectivity index (χ0) is 6.43. The van der Waals surface area contributed by atoms with Gasteiger partial charge in [-0.3, -0.25) is 0 Å². The number of likely N-dealkylation sites (tertiary alicyclic amines) is 1. The molecule has 2 heteroatoms. The molecule has 0 spiro atoms. The van der Waals surface area contributed by atoms with Gasteiger partial charge in [0.1, 0.15) is 0 Å². The van der Waals surface area contributed by atoms with Crippen molar-refractivity contribution in [2.24, 2.45) is 5.92 Å².